The number of nitrogens with one attached hydrogen (secondary N) is 2. The van der Waals surface area contributed by atoms with Gasteiger partial charge in [-0.1, -0.05) is 48.5 Å². The van der Waals surface area contributed by atoms with Crippen molar-refractivity contribution in [3.05, 3.63) is 82.6 Å². The average molecular weight is 374 g/mol. The van der Waals surface area contributed by atoms with Gasteiger partial charge in [0.05, 0.1) is 6.04 Å². The highest BCUT2D eigenvalue weighted by Crippen LogP contribution is 2.24. The molecule has 2 aromatic rings. The van der Waals surface area contributed by atoms with Gasteiger partial charge in [-0.2, -0.15) is 5.26 Å². The fraction of sp³-hybridized carbons (Fsp3) is 0.333. The summed E-state index contributed by atoms with van der Waals surface area (Å²) in [7, 11) is 0. The Morgan fingerprint density at radius 3 is 2.43 bits per heavy atom. The first-order valence-corrected chi connectivity index (χ1v) is 9.92. The molecule has 0 saturated heterocycles. The first-order valence-electron chi connectivity index (χ1n) is 9.92. The van der Waals surface area contributed by atoms with E-state index in [0.29, 0.717) is 0 Å². The number of nitriles is 1. The van der Waals surface area contributed by atoms with Crippen LogP contribution in [0, 0.1) is 11.3 Å². The molecule has 0 fully saturated rings. The maximum Gasteiger partial charge on any atom is 0.263 e. The van der Waals surface area contributed by atoms with Gasteiger partial charge in [-0.15, -0.1) is 0 Å². The van der Waals surface area contributed by atoms with Gasteiger partial charge in [0.25, 0.3) is 5.91 Å². The molecule has 1 aliphatic carbocycles. The summed E-state index contributed by atoms with van der Waals surface area (Å²) in [5.41, 5.74) is 5.13. The topological polar surface area (TPSA) is 64.9 Å². The number of carbonyl (C=O) groups excluding carboxylic acids is 1. The summed E-state index contributed by atoms with van der Waals surface area (Å²) in [6.45, 7) is 3.95. The van der Waals surface area contributed by atoms with Gasteiger partial charge in [0.15, 0.2) is 0 Å². The molecule has 0 radical (unpaired) electrons. The molecule has 4 heteroatoms. The Balaban J connectivity index is 1.64. The van der Waals surface area contributed by atoms with Crippen LogP contribution < -0.4 is 10.6 Å². The molecule has 2 aromatic carbocycles. The highest BCUT2D eigenvalue weighted by atomic mass is 16.1. The van der Waals surface area contributed by atoms with E-state index in [1.807, 2.05) is 50.2 Å². The third kappa shape index (κ3) is 4.80. The van der Waals surface area contributed by atoms with Gasteiger partial charge in [-0.3, -0.25) is 4.79 Å². The summed E-state index contributed by atoms with van der Waals surface area (Å²) in [4.78, 5) is 12.5. The van der Waals surface area contributed by atoms with E-state index in [0.717, 1.165) is 18.4 Å². The molecule has 0 aliphatic heterocycles. The number of fused-ring (bicyclic) bond motifs is 1. The van der Waals surface area contributed by atoms with Crippen LogP contribution >= 0.6 is 0 Å². The molecule has 3 rings (SSSR count). The SMILES string of the molecule is CC(N/C=C(/C#N)C(=O)NC(C)c1ccccc1)c1ccc2c(c1)CCCC2. The van der Waals surface area contributed by atoms with Crippen LogP contribution in [0.2, 0.25) is 0 Å². The Bertz CT molecular complexity index is 896. The summed E-state index contributed by atoms with van der Waals surface area (Å²) in [6, 6.07) is 18.2. The lowest BCUT2D eigenvalue weighted by molar-refractivity contribution is -0.117. The van der Waals surface area contributed by atoms with Crippen molar-refractivity contribution in [3.63, 3.8) is 0 Å². The molecule has 2 unspecified atom stereocenters. The van der Waals surface area contributed by atoms with Gasteiger partial charge >= 0.3 is 0 Å². The van der Waals surface area contributed by atoms with Gasteiger partial charge in [0.2, 0.25) is 0 Å². The van der Waals surface area contributed by atoms with Gasteiger partial charge in [0.1, 0.15) is 11.6 Å². The fourth-order valence-corrected chi connectivity index (χ4v) is 3.58. The predicted octanol–water partition coefficient (Wildman–Crippen LogP) is 4.50. The minimum absolute atomic E-state index is 0.0231. The second kappa shape index (κ2) is 9.23. The molecule has 2 atom stereocenters. The van der Waals surface area contributed by atoms with E-state index in [4.69, 9.17) is 0 Å². The maximum atomic E-state index is 12.5. The Morgan fingerprint density at radius 1 is 1.00 bits per heavy atom. The molecule has 0 aromatic heterocycles. The van der Waals surface area contributed by atoms with E-state index in [9.17, 15) is 10.1 Å². The molecule has 0 spiro atoms. The van der Waals surface area contributed by atoms with Crippen molar-refractivity contribution in [2.75, 3.05) is 0 Å². The molecule has 0 bridgehead atoms. The largest absolute Gasteiger partial charge is 0.383 e. The number of carbonyl (C=O) groups is 1. The molecule has 28 heavy (non-hydrogen) atoms. The van der Waals surface area contributed by atoms with Gasteiger partial charge < -0.3 is 10.6 Å². The van der Waals surface area contributed by atoms with Crippen molar-refractivity contribution in [2.45, 2.75) is 51.6 Å². The normalized spacial score (nSPS) is 15.7. The summed E-state index contributed by atoms with van der Waals surface area (Å²) in [5, 5.41) is 15.5. The molecule has 2 N–H and O–H groups in total. The molecule has 0 saturated carbocycles. The van der Waals surface area contributed by atoms with Crippen LogP contribution in [0.3, 0.4) is 0 Å². The number of benzene rings is 2. The summed E-state index contributed by atoms with van der Waals surface area (Å²) < 4.78 is 0. The van der Waals surface area contributed by atoms with E-state index in [1.165, 1.54) is 35.7 Å². The zero-order chi connectivity index (χ0) is 19.9. The van der Waals surface area contributed by atoms with Crippen molar-refractivity contribution in [1.29, 1.82) is 5.26 Å². The van der Waals surface area contributed by atoms with E-state index >= 15 is 0 Å². The zero-order valence-electron chi connectivity index (χ0n) is 16.5. The van der Waals surface area contributed by atoms with Gasteiger partial charge in [-0.25, -0.2) is 0 Å². The summed E-state index contributed by atoms with van der Waals surface area (Å²) in [6.07, 6.45) is 6.34. The molecule has 0 heterocycles. The van der Waals surface area contributed by atoms with Crippen LogP contribution in [0.4, 0.5) is 0 Å². The van der Waals surface area contributed by atoms with Crippen molar-refractivity contribution in [3.8, 4) is 6.07 Å². The number of aryl methyl sites for hydroxylation is 2. The van der Waals surface area contributed by atoms with Crippen molar-refractivity contribution in [2.24, 2.45) is 0 Å². The van der Waals surface area contributed by atoms with Crippen molar-refractivity contribution in [1.82, 2.24) is 10.6 Å². The predicted molar refractivity (Wildman–Crippen MR) is 111 cm³/mol. The Hall–Kier alpha value is -3.06. The third-order valence-electron chi connectivity index (χ3n) is 5.36. The first-order chi connectivity index (χ1) is 13.6. The van der Waals surface area contributed by atoms with E-state index in [2.05, 4.69) is 28.8 Å². The quantitative estimate of drug-likeness (QED) is 0.579. The number of hydrogen-bond acceptors (Lipinski definition) is 3. The number of rotatable bonds is 6. The molecule has 1 amide bonds. The fourth-order valence-electron chi connectivity index (χ4n) is 3.58. The molecular weight excluding hydrogens is 346 g/mol. The second-order valence-electron chi connectivity index (χ2n) is 7.40. The second-order valence-corrected chi connectivity index (χ2v) is 7.40. The standard InChI is InChI=1S/C24H27N3O/c1-17(21-13-12-20-10-6-7-11-22(20)14-21)26-16-23(15-25)24(28)27-18(2)19-8-4-3-5-9-19/h3-5,8-9,12-14,16-18,26H,6-7,10-11H2,1-2H3,(H,27,28)/b23-16-. The van der Waals surface area contributed by atoms with Crippen LogP contribution in [-0.2, 0) is 17.6 Å². The highest BCUT2D eigenvalue weighted by molar-refractivity contribution is 5.97. The Kier molecular flexibility index (Phi) is 6.49. The van der Waals surface area contributed by atoms with Gasteiger partial charge in [-0.05, 0) is 61.8 Å². The van der Waals surface area contributed by atoms with Crippen LogP contribution in [0.15, 0.2) is 60.3 Å². The van der Waals surface area contributed by atoms with Crippen molar-refractivity contribution < 1.29 is 4.79 Å². The van der Waals surface area contributed by atoms with Crippen LogP contribution in [0.25, 0.3) is 0 Å². The third-order valence-corrected chi connectivity index (χ3v) is 5.36. The minimum atomic E-state index is -0.371. The Labute approximate surface area is 167 Å². The molecule has 1 aliphatic rings. The molecular formula is C24H27N3O. The number of hydrogen-bond donors (Lipinski definition) is 2. The molecule has 144 valence electrons. The molecule has 4 nitrogen and oxygen atoms in total. The van der Waals surface area contributed by atoms with E-state index in [-0.39, 0.29) is 23.6 Å². The lowest BCUT2D eigenvalue weighted by Gasteiger charge is -2.19. The number of nitrogens with zero attached hydrogens (tertiary/aromatic N) is 1. The van der Waals surface area contributed by atoms with Gasteiger partial charge in [0, 0.05) is 12.2 Å². The summed E-state index contributed by atoms with van der Waals surface area (Å²) in [5.74, 6) is -0.371. The lowest BCUT2D eigenvalue weighted by Crippen LogP contribution is -2.28. The average Bonchev–Trinajstić information content (AvgIpc) is 2.74. The Morgan fingerprint density at radius 2 is 1.71 bits per heavy atom. The van der Waals surface area contributed by atoms with E-state index < -0.39 is 0 Å². The van der Waals surface area contributed by atoms with Crippen LogP contribution in [-0.4, -0.2) is 5.91 Å². The monoisotopic (exact) mass is 373 g/mol. The zero-order valence-corrected chi connectivity index (χ0v) is 16.5. The highest BCUT2D eigenvalue weighted by Gasteiger charge is 2.15. The lowest BCUT2D eigenvalue weighted by atomic mass is 9.89. The van der Waals surface area contributed by atoms with Crippen molar-refractivity contribution >= 4 is 5.91 Å². The smallest absolute Gasteiger partial charge is 0.263 e. The van der Waals surface area contributed by atoms with Crippen LogP contribution in [0.5, 0.6) is 0 Å². The number of amides is 1. The maximum absolute atomic E-state index is 12.5. The minimum Gasteiger partial charge on any atom is -0.383 e. The van der Waals surface area contributed by atoms with E-state index in [1.54, 1.807) is 0 Å². The van der Waals surface area contributed by atoms with Crippen LogP contribution in [0.1, 0.15) is 61.0 Å². The first kappa shape index (κ1) is 19.7. The summed E-state index contributed by atoms with van der Waals surface area (Å²) >= 11 is 0.